The Morgan fingerprint density at radius 3 is 2.87 bits per heavy atom. The zero-order valence-electron chi connectivity index (χ0n) is 12.9. The topological polar surface area (TPSA) is 60.2 Å². The van der Waals surface area contributed by atoms with Crippen LogP contribution in [-0.4, -0.2) is 32.9 Å². The summed E-state index contributed by atoms with van der Waals surface area (Å²) in [5.41, 5.74) is 2.97. The van der Waals surface area contributed by atoms with Gasteiger partial charge in [-0.3, -0.25) is 0 Å². The Morgan fingerprint density at radius 1 is 1.22 bits per heavy atom. The summed E-state index contributed by atoms with van der Waals surface area (Å²) in [6.45, 7) is 1.55. The highest BCUT2D eigenvalue weighted by atomic mass is 16.5. The van der Waals surface area contributed by atoms with E-state index in [1.807, 2.05) is 30.5 Å². The van der Waals surface area contributed by atoms with E-state index in [-0.39, 0.29) is 11.8 Å². The lowest BCUT2D eigenvalue weighted by atomic mass is 10.1. The van der Waals surface area contributed by atoms with E-state index in [2.05, 4.69) is 9.55 Å². The molecule has 23 heavy (non-hydrogen) atoms. The number of hydrogen-bond acceptors (Lipinski definition) is 4. The number of nitrogens with zero attached hydrogens (tertiary/aromatic N) is 3. The third-order valence-electron chi connectivity index (χ3n) is 4.32. The maximum absolute atomic E-state index is 9.45. The van der Waals surface area contributed by atoms with E-state index in [0.29, 0.717) is 13.0 Å². The van der Waals surface area contributed by atoms with Crippen LogP contribution in [0.3, 0.4) is 0 Å². The lowest BCUT2D eigenvalue weighted by Gasteiger charge is -2.25. The highest BCUT2D eigenvalue weighted by Gasteiger charge is 2.22. The summed E-state index contributed by atoms with van der Waals surface area (Å²) in [6.07, 6.45) is 4.68. The van der Waals surface area contributed by atoms with Crippen molar-refractivity contribution in [2.75, 3.05) is 13.2 Å². The maximum Gasteiger partial charge on any atom is 0.160 e. The van der Waals surface area contributed by atoms with Crippen LogP contribution in [0.1, 0.15) is 30.3 Å². The fraction of sp³-hybridized carbons (Fsp3) is 0.333. The summed E-state index contributed by atoms with van der Waals surface area (Å²) < 4.78 is 7.90. The van der Waals surface area contributed by atoms with Crippen LogP contribution >= 0.6 is 0 Å². The first-order chi connectivity index (χ1) is 11.3. The first-order valence-electron chi connectivity index (χ1n) is 7.99. The van der Waals surface area contributed by atoms with Crippen molar-refractivity contribution in [3.05, 3.63) is 54.0 Å². The monoisotopic (exact) mass is 309 g/mol. The van der Waals surface area contributed by atoms with E-state index in [1.54, 1.807) is 12.1 Å². The average Bonchev–Trinajstić information content (AvgIpc) is 2.95. The summed E-state index contributed by atoms with van der Waals surface area (Å²) >= 11 is 0. The van der Waals surface area contributed by atoms with Gasteiger partial charge in [0.1, 0.15) is 17.1 Å². The zero-order chi connectivity index (χ0) is 15.6. The SMILES string of the molecule is Oc1ccc(Cc2nc3cccnc3n2C2CCCOC2)cc1. The highest BCUT2D eigenvalue weighted by Crippen LogP contribution is 2.27. The predicted octanol–water partition coefficient (Wildman–Crippen LogP) is 3.08. The Balaban J connectivity index is 1.76. The summed E-state index contributed by atoms with van der Waals surface area (Å²) in [5, 5.41) is 9.45. The lowest BCUT2D eigenvalue weighted by Crippen LogP contribution is -2.23. The van der Waals surface area contributed by atoms with Gasteiger partial charge < -0.3 is 14.4 Å². The molecule has 0 amide bonds. The largest absolute Gasteiger partial charge is 0.508 e. The van der Waals surface area contributed by atoms with Crippen LogP contribution in [0.25, 0.3) is 11.2 Å². The van der Waals surface area contributed by atoms with Crippen molar-refractivity contribution < 1.29 is 9.84 Å². The molecule has 5 nitrogen and oxygen atoms in total. The summed E-state index contributed by atoms with van der Waals surface area (Å²) in [7, 11) is 0. The normalized spacial score (nSPS) is 18.3. The highest BCUT2D eigenvalue weighted by molar-refractivity contribution is 5.71. The zero-order valence-corrected chi connectivity index (χ0v) is 12.9. The molecule has 1 atom stereocenters. The number of hydrogen-bond donors (Lipinski definition) is 1. The van der Waals surface area contributed by atoms with Crippen molar-refractivity contribution in [3.63, 3.8) is 0 Å². The van der Waals surface area contributed by atoms with Gasteiger partial charge in [-0.25, -0.2) is 9.97 Å². The molecule has 0 spiro atoms. The Morgan fingerprint density at radius 2 is 2.09 bits per heavy atom. The number of benzene rings is 1. The number of phenols is 1. The molecule has 1 aliphatic rings. The number of pyridine rings is 1. The number of aromatic nitrogens is 3. The van der Waals surface area contributed by atoms with Gasteiger partial charge in [-0.15, -0.1) is 0 Å². The molecule has 1 N–H and O–H groups in total. The minimum atomic E-state index is 0.282. The minimum Gasteiger partial charge on any atom is -0.508 e. The second-order valence-electron chi connectivity index (χ2n) is 5.96. The fourth-order valence-corrected chi connectivity index (χ4v) is 3.21. The molecule has 1 saturated heterocycles. The van der Waals surface area contributed by atoms with Gasteiger partial charge >= 0.3 is 0 Å². The standard InChI is InChI=1S/C18H19N3O2/c22-15-7-5-13(6-8-15)11-17-20-16-4-1-9-19-18(16)21(17)14-3-2-10-23-12-14/h1,4-9,14,22H,2-3,10-12H2. The Bertz CT molecular complexity index is 805. The van der Waals surface area contributed by atoms with E-state index in [9.17, 15) is 5.11 Å². The predicted molar refractivity (Wildman–Crippen MR) is 87.5 cm³/mol. The maximum atomic E-state index is 9.45. The van der Waals surface area contributed by atoms with Crippen molar-refractivity contribution in [1.82, 2.24) is 14.5 Å². The Hall–Kier alpha value is -2.40. The minimum absolute atomic E-state index is 0.282. The molecule has 4 rings (SSSR count). The van der Waals surface area contributed by atoms with E-state index < -0.39 is 0 Å². The number of imidazole rings is 1. The fourth-order valence-electron chi connectivity index (χ4n) is 3.21. The smallest absolute Gasteiger partial charge is 0.160 e. The van der Waals surface area contributed by atoms with Gasteiger partial charge in [0.25, 0.3) is 0 Å². The van der Waals surface area contributed by atoms with Crippen molar-refractivity contribution in [1.29, 1.82) is 0 Å². The second-order valence-corrected chi connectivity index (χ2v) is 5.96. The third-order valence-corrected chi connectivity index (χ3v) is 4.32. The summed E-state index contributed by atoms with van der Waals surface area (Å²) in [4.78, 5) is 9.33. The van der Waals surface area contributed by atoms with Crippen molar-refractivity contribution in [3.8, 4) is 5.75 Å². The number of aromatic hydroxyl groups is 1. The first-order valence-corrected chi connectivity index (χ1v) is 7.99. The van der Waals surface area contributed by atoms with E-state index >= 15 is 0 Å². The van der Waals surface area contributed by atoms with Gasteiger partial charge in [0.15, 0.2) is 5.65 Å². The number of fused-ring (bicyclic) bond motifs is 1. The molecule has 0 aliphatic carbocycles. The molecule has 0 saturated carbocycles. The molecule has 3 aromatic rings. The quantitative estimate of drug-likeness (QED) is 0.807. The second kappa shape index (κ2) is 6.01. The van der Waals surface area contributed by atoms with Gasteiger partial charge in [0.05, 0.1) is 12.6 Å². The van der Waals surface area contributed by atoms with Crippen LogP contribution in [0.2, 0.25) is 0 Å². The van der Waals surface area contributed by atoms with Gasteiger partial charge in [0.2, 0.25) is 0 Å². The summed E-state index contributed by atoms with van der Waals surface area (Å²) in [6, 6.07) is 11.5. The number of phenolic OH excluding ortho intramolecular Hbond substituents is 1. The average molecular weight is 309 g/mol. The third kappa shape index (κ3) is 2.80. The Kier molecular flexibility index (Phi) is 3.71. The van der Waals surface area contributed by atoms with Gasteiger partial charge in [-0.1, -0.05) is 12.1 Å². The Labute approximate surface area is 134 Å². The van der Waals surface area contributed by atoms with Crippen LogP contribution in [0.5, 0.6) is 5.75 Å². The molecule has 0 bridgehead atoms. The molecule has 3 heterocycles. The molecule has 118 valence electrons. The van der Waals surface area contributed by atoms with Crippen LogP contribution in [-0.2, 0) is 11.2 Å². The van der Waals surface area contributed by atoms with Crippen molar-refractivity contribution >= 4 is 11.2 Å². The van der Waals surface area contributed by atoms with Crippen LogP contribution in [0.4, 0.5) is 0 Å². The molecule has 1 aliphatic heterocycles. The molecule has 1 fully saturated rings. The van der Waals surface area contributed by atoms with Crippen LogP contribution in [0, 0.1) is 0 Å². The van der Waals surface area contributed by atoms with E-state index in [1.165, 1.54) is 0 Å². The van der Waals surface area contributed by atoms with E-state index in [0.717, 1.165) is 42.0 Å². The van der Waals surface area contributed by atoms with Gasteiger partial charge in [-0.05, 0) is 42.7 Å². The molecule has 1 unspecified atom stereocenters. The van der Waals surface area contributed by atoms with Gasteiger partial charge in [-0.2, -0.15) is 0 Å². The molecule has 0 radical (unpaired) electrons. The van der Waals surface area contributed by atoms with Crippen molar-refractivity contribution in [2.45, 2.75) is 25.3 Å². The molecule has 5 heteroatoms. The molecular weight excluding hydrogens is 290 g/mol. The van der Waals surface area contributed by atoms with Crippen molar-refractivity contribution in [2.24, 2.45) is 0 Å². The number of ether oxygens (including phenoxy) is 1. The van der Waals surface area contributed by atoms with Crippen LogP contribution in [0.15, 0.2) is 42.6 Å². The molecule has 1 aromatic carbocycles. The molecule has 2 aromatic heterocycles. The molecular formula is C18H19N3O2. The van der Waals surface area contributed by atoms with Crippen LogP contribution < -0.4 is 0 Å². The summed E-state index contributed by atoms with van der Waals surface area (Å²) in [5.74, 6) is 1.28. The lowest BCUT2D eigenvalue weighted by molar-refractivity contribution is 0.0595. The van der Waals surface area contributed by atoms with Gasteiger partial charge in [0, 0.05) is 19.2 Å². The first kappa shape index (κ1) is 14.2. The number of rotatable bonds is 3. The van der Waals surface area contributed by atoms with E-state index in [4.69, 9.17) is 9.72 Å².